The quantitative estimate of drug-likeness (QED) is 0.474. The van der Waals surface area contributed by atoms with Crippen molar-refractivity contribution in [1.29, 1.82) is 0 Å². The minimum atomic E-state index is -4.55. The van der Waals surface area contributed by atoms with Gasteiger partial charge in [-0.25, -0.2) is 0 Å². The van der Waals surface area contributed by atoms with Crippen molar-refractivity contribution in [3.63, 3.8) is 0 Å². The zero-order valence-electron chi connectivity index (χ0n) is 14.5. The first-order valence-electron chi connectivity index (χ1n) is 7.94. The Labute approximate surface area is 140 Å². The maximum Gasteiger partial charge on any atom is 0.400 e. The molecule has 1 N–H and O–H groups in total. The van der Waals surface area contributed by atoms with Gasteiger partial charge in [-0.15, -0.1) is 5.10 Å². The largest absolute Gasteiger partial charge is 0.400 e. The van der Waals surface area contributed by atoms with Crippen LogP contribution < -0.4 is 0 Å². The smallest absolute Gasteiger partial charge is 0.390 e. The molecule has 0 aromatic carbocycles. The van der Waals surface area contributed by atoms with E-state index < -0.39 is 31.9 Å². The van der Waals surface area contributed by atoms with E-state index in [-0.39, 0.29) is 13.0 Å². The number of hydrogen-bond donors (Lipinski definition) is 1. The van der Waals surface area contributed by atoms with Crippen LogP contribution in [0, 0.1) is 0 Å². The van der Waals surface area contributed by atoms with Crippen LogP contribution in [0.1, 0.15) is 52.7 Å². The van der Waals surface area contributed by atoms with Gasteiger partial charge in [0.15, 0.2) is 0 Å². The molecule has 7 nitrogen and oxygen atoms in total. The molecule has 0 atom stereocenters. The van der Waals surface area contributed by atoms with Gasteiger partial charge < -0.3 is 14.2 Å². The van der Waals surface area contributed by atoms with Crippen LogP contribution in [0.5, 0.6) is 0 Å². The first-order chi connectivity index (χ1) is 11.1. The predicted molar refractivity (Wildman–Crippen MR) is 84.8 cm³/mol. The summed E-state index contributed by atoms with van der Waals surface area (Å²) in [5.41, 5.74) is -3.14. The second kappa shape index (κ2) is 8.99. The van der Waals surface area contributed by atoms with E-state index in [0.29, 0.717) is 18.7 Å². The summed E-state index contributed by atoms with van der Waals surface area (Å²) in [6, 6.07) is 0. The van der Waals surface area contributed by atoms with Gasteiger partial charge in [-0.05, 0) is 40.5 Å². The average Bonchev–Trinajstić information content (AvgIpc) is 2.89. The van der Waals surface area contributed by atoms with E-state index in [4.69, 9.17) is 14.2 Å². The Morgan fingerprint density at radius 2 is 1.83 bits per heavy atom. The molecule has 1 aromatic rings. The average molecular weight is 369 g/mol. The third-order valence-corrected chi connectivity index (χ3v) is 5.39. The molecule has 1 heterocycles. The van der Waals surface area contributed by atoms with Crippen molar-refractivity contribution in [3.05, 3.63) is 11.9 Å². The Hall–Kier alpha value is -0.890. The lowest BCUT2D eigenvalue weighted by Gasteiger charge is -2.29. The highest BCUT2D eigenvalue weighted by atomic mass is 31.2. The summed E-state index contributed by atoms with van der Waals surface area (Å²) in [6.07, 6.45) is 0.194. The summed E-state index contributed by atoms with van der Waals surface area (Å²) in [4.78, 5) is 0. The molecule has 0 amide bonds. The second-order valence-corrected chi connectivity index (χ2v) is 8.13. The predicted octanol–water partition coefficient (Wildman–Crippen LogP) is 3.58. The first kappa shape index (κ1) is 21.2. The number of aryl methyl sites for hydroxylation is 1. The molecule has 1 aromatic heterocycles. The van der Waals surface area contributed by atoms with Crippen LogP contribution in [0.15, 0.2) is 6.20 Å². The molecule has 0 fully saturated rings. The minimum Gasteiger partial charge on any atom is -0.390 e. The number of alkyl halides is 2. The maximum atomic E-state index is 14.4. The molecular weight excluding hydrogens is 343 g/mol. The highest BCUT2D eigenvalue weighted by Crippen LogP contribution is 2.65. The number of halogens is 2. The van der Waals surface area contributed by atoms with E-state index in [0.717, 1.165) is 0 Å². The fourth-order valence-corrected chi connectivity index (χ4v) is 3.90. The zero-order valence-corrected chi connectivity index (χ0v) is 15.4. The molecule has 0 aliphatic rings. The molecular formula is C14H26F2N3O4P. The fourth-order valence-electron chi connectivity index (χ4n) is 2.00. The van der Waals surface area contributed by atoms with Crippen LogP contribution in [-0.4, -0.2) is 38.0 Å². The summed E-state index contributed by atoms with van der Waals surface area (Å²) in [7, 11) is -4.55. The van der Waals surface area contributed by atoms with Gasteiger partial charge in [-0.3, -0.25) is 9.25 Å². The van der Waals surface area contributed by atoms with Crippen LogP contribution in [0.25, 0.3) is 0 Å². The summed E-state index contributed by atoms with van der Waals surface area (Å²) in [5.74, 6) is 0. The van der Waals surface area contributed by atoms with E-state index >= 15 is 0 Å². The van der Waals surface area contributed by atoms with E-state index in [1.807, 2.05) is 0 Å². The molecule has 0 spiro atoms. The SMILES string of the molecule is CC(C)OP(=O)(OC(C)C)C(F)(F)CCCCn1cc(CO)nn1. The van der Waals surface area contributed by atoms with Crippen molar-refractivity contribution >= 4 is 7.60 Å². The number of rotatable bonds is 11. The van der Waals surface area contributed by atoms with Crippen LogP contribution in [0.2, 0.25) is 0 Å². The van der Waals surface area contributed by atoms with Crippen molar-refractivity contribution < 1.29 is 27.5 Å². The normalized spacial score (nSPS) is 13.2. The van der Waals surface area contributed by atoms with Crippen LogP contribution >= 0.6 is 7.60 Å². The van der Waals surface area contributed by atoms with Gasteiger partial charge in [0, 0.05) is 13.0 Å². The summed E-state index contributed by atoms with van der Waals surface area (Å²) < 4.78 is 52.7. The molecule has 0 aliphatic carbocycles. The summed E-state index contributed by atoms with van der Waals surface area (Å²) in [5, 5.41) is 16.3. The van der Waals surface area contributed by atoms with Crippen molar-refractivity contribution in [1.82, 2.24) is 15.0 Å². The van der Waals surface area contributed by atoms with E-state index in [1.54, 1.807) is 6.20 Å². The molecule has 1 rings (SSSR count). The third kappa shape index (κ3) is 6.20. The van der Waals surface area contributed by atoms with Gasteiger partial charge >= 0.3 is 13.3 Å². The standard InChI is InChI=1S/C14H26F2N3O4P/c1-11(2)22-24(21,23-12(3)4)14(15,16)7-5-6-8-19-9-13(10-20)17-18-19/h9,11-12,20H,5-8,10H2,1-4H3. The Kier molecular flexibility index (Phi) is 7.92. The van der Waals surface area contributed by atoms with Gasteiger partial charge in [-0.2, -0.15) is 8.78 Å². The fraction of sp³-hybridized carbons (Fsp3) is 0.857. The molecule has 0 bridgehead atoms. The number of unbranched alkanes of at least 4 members (excludes halogenated alkanes) is 1. The number of aliphatic hydroxyl groups excluding tert-OH is 1. The third-order valence-electron chi connectivity index (χ3n) is 2.96. The molecule has 0 saturated carbocycles. The lowest BCUT2D eigenvalue weighted by atomic mass is 10.2. The van der Waals surface area contributed by atoms with Gasteiger partial charge in [0.05, 0.1) is 25.0 Å². The van der Waals surface area contributed by atoms with E-state index in [9.17, 15) is 13.3 Å². The number of hydrogen-bond acceptors (Lipinski definition) is 6. The topological polar surface area (TPSA) is 86.5 Å². The zero-order chi connectivity index (χ0) is 18.4. The number of aromatic nitrogens is 3. The van der Waals surface area contributed by atoms with E-state index in [1.165, 1.54) is 32.4 Å². The second-order valence-electron chi connectivity index (χ2n) is 6.06. The van der Waals surface area contributed by atoms with Crippen molar-refractivity contribution in [2.24, 2.45) is 0 Å². The lowest BCUT2D eigenvalue weighted by molar-refractivity contribution is 0.0121. The summed E-state index contributed by atoms with van der Waals surface area (Å²) in [6.45, 7) is 6.31. The lowest BCUT2D eigenvalue weighted by Crippen LogP contribution is -2.24. The number of nitrogens with zero attached hydrogens (tertiary/aromatic N) is 3. The molecule has 0 aliphatic heterocycles. The Morgan fingerprint density at radius 1 is 1.25 bits per heavy atom. The minimum absolute atomic E-state index is 0.119. The first-order valence-corrected chi connectivity index (χ1v) is 9.48. The van der Waals surface area contributed by atoms with Crippen molar-refractivity contribution in [3.8, 4) is 0 Å². The molecule has 24 heavy (non-hydrogen) atoms. The molecule has 0 unspecified atom stereocenters. The van der Waals surface area contributed by atoms with E-state index in [2.05, 4.69) is 10.3 Å². The van der Waals surface area contributed by atoms with Gasteiger partial charge in [0.2, 0.25) is 0 Å². The van der Waals surface area contributed by atoms with Gasteiger partial charge in [0.25, 0.3) is 0 Å². The van der Waals surface area contributed by atoms with Gasteiger partial charge in [-0.1, -0.05) is 5.21 Å². The molecule has 0 saturated heterocycles. The summed E-state index contributed by atoms with van der Waals surface area (Å²) >= 11 is 0. The Morgan fingerprint density at radius 3 is 2.29 bits per heavy atom. The van der Waals surface area contributed by atoms with Crippen molar-refractivity contribution in [2.45, 2.75) is 78.0 Å². The molecule has 10 heteroatoms. The Balaban J connectivity index is 2.59. The van der Waals surface area contributed by atoms with Crippen molar-refractivity contribution in [2.75, 3.05) is 0 Å². The molecule has 140 valence electrons. The highest BCUT2D eigenvalue weighted by Gasteiger charge is 2.53. The van der Waals surface area contributed by atoms with Gasteiger partial charge in [0.1, 0.15) is 5.69 Å². The maximum absolute atomic E-state index is 14.4. The monoisotopic (exact) mass is 369 g/mol. The Bertz CT molecular complexity index is 538. The van der Waals surface area contributed by atoms with Crippen LogP contribution in [-0.2, 0) is 26.8 Å². The van der Waals surface area contributed by atoms with Crippen LogP contribution in [0.4, 0.5) is 8.78 Å². The molecule has 0 radical (unpaired) electrons. The highest BCUT2D eigenvalue weighted by molar-refractivity contribution is 7.55. The number of aliphatic hydroxyl groups is 1. The van der Waals surface area contributed by atoms with Crippen LogP contribution in [0.3, 0.4) is 0 Å².